The van der Waals surface area contributed by atoms with Gasteiger partial charge in [-0.2, -0.15) is 0 Å². The normalized spacial score (nSPS) is 18.2. The molecule has 0 spiro atoms. The van der Waals surface area contributed by atoms with E-state index in [1.54, 1.807) is 11.1 Å². The lowest BCUT2D eigenvalue weighted by Gasteiger charge is -2.28. The largest absolute Gasteiger partial charge is 0.379 e. The summed E-state index contributed by atoms with van der Waals surface area (Å²) in [5, 5.41) is 3.14. The van der Waals surface area contributed by atoms with Gasteiger partial charge < -0.3 is 15.0 Å². The van der Waals surface area contributed by atoms with Crippen LogP contribution in [0.5, 0.6) is 0 Å². The van der Waals surface area contributed by atoms with E-state index >= 15 is 0 Å². The fourth-order valence-corrected chi connectivity index (χ4v) is 4.07. The number of morpholine rings is 1. The Hall–Kier alpha value is -2.06. The number of hydrogen-bond acceptors (Lipinski definition) is 6. The molecule has 2 heterocycles. The molecular formula is C22H35N5O3. The van der Waals surface area contributed by atoms with Gasteiger partial charge in [0.1, 0.15) is 5.69 Å². The molecule has 1 aliphatic heterocycles. The number of rotatable bonds is 9. The van der Waals surface area contributed by atoms with Crippen LogP contribution in [0.2, 0.25) is 0 Å². The first-order chi connectivity index (χ1) is 14.6. The molecule has 2 fully saturated rings. The van der Waals surface area contributed by atoms with E-state index in [9.17, 15) is 9.59 Å². The van der Waals surface area contributed by atoms with Gasteiger partial charge in [0, 0.05) is 51.4 Å². The van der Waals surface area contributed by atoms with Gasteiger partial charge in [-0.15, -0.1) is 0 Å². The maximum absolute atomic E-state index is 13.0. The van der Waals surface area contributed by atoms with Crippen LogP contribution in [0, 0.1) is 6.92 Å². The second-order valence-electron chi connectivity index (χ2n) is 8.30. The number of carbonyl (C=O) groups excluding carboxylic acids is 2. The topological polar surface area (TPSA) is 87.7 Å². The zero-order valence-electron chi connectivity index (χ0n) is 18.1. The summed E-state index contributed by atoms with van der Waals surface area (Å²) < 4.78 is 5.39. The van der Waals surface area contributed by atoms with Gasteiger partial charge in [0.25, 0.3) is 5.91 Å². The van der Waals surface area contributed by atoms with E-state index in [1.807, 2.05) is 6.92 Å². The summed E-state index contributed by atoms with van der Waals surface area (Å²) in [6.07, 6.45) is 10.1. The predicted molar refractivity (Wildman–Crippen MR) is 114 cm³/mol. The summed E-state index contributed by atoms with van der Waals surface area (Å²) in [6.45, 7) is 7.16. The van der Waals surface area contributed by atoms with Gasteiger partial charge >= 0.3 is 0 Å². The molecule has 1 aromatic rings. The molecule has 0 unspecified atom stereocenters. The summed E-state index contributed by atoms with van der Waals surface area (Å²) >= 11 is 0. The van der Waals surface area contributed by atoms with Crippen LogP contribution >= 0.6 is 0 Å². The molecule has 30 heavy (non-hydrogen) atoms. The van der Waals surface area contributed by atoms with Gasteiger partial charge in [-0.05, 0) is 26.2 Å². The van der Waals surface area contributed by atoms with Gasteiger partial charge in [0.2, 0.25) is 5.91 Å². The molecule has 2 aliphatic rings. The smallest absolute Gasteiger partial charge is 0.274 e. The maximum atomic E-state index is 13.0. The highest BCUT2D eigenvalue weighted by molar-refractivity contribution is 5.92. The molecule has 8 heteroatoms. The predicted octanol–water partition coefficient (Wildman–Crippen LogP) is 1.79. The summed E-state index contributed by atoms with van der Waals surface area (Å²) in [4.78, 5) is 38.0. The van der Waals surface area contributed by atoms with Gasteiger partial charge in [-0.25, -0.2) is 4.98 Å². The molecule has 0 bridgehead atoms. The molecular weight excluding hydrogens is 382 g/mol. The summed E-state index contributed by atoms with van der Waals surface area (Å²) in [7, 11) is 0. The number of nitrogens with one attached hydrogen (secondary N) is 1. The molecule has 1 saturated heterocycles. The molecule has 1 aliphatic carbocycles. The number of nitrogens with zero attached hydrogens (tertiary/aromatic N) is 4. The lowest BCUT2D eigenvalue weighted by atomic mass is 9.95. The molecule has 0 aromatic carbocycles. The number of amides is 2. The van der Waals surface area contributed by atoms with Crippen LogP contribution < -0.4 is 5.32 Å². The van der Waals surface area contributed by atoms with E-state index in [0.717, 1.165) is 57.8 Å². The molecule has 1 aromatic heterocycles. The van der Waals surface area contributed by atoms with Crippen molar-refractivity contribution >= 4 is 11.8 Å². The standard InChI is InChI=1S/C22H35N5O3/c1-18-16-24-20(17-23-18)22(29)27(10-5-9-26-12-14-30-15-13-26)11-8-21(28)25-19-6-3-2-4-7-19/h16-17,19H,2-15H2,1H3,(H,25,28). The Bertz CT molecular complexity index is 670. The van der Waals surface area contributed by atoms with E-state index < -0.39 is 0 Å². The fourth-order valence-electron chi connectivity index (χ4n) is 4.07. The Labute approximate surface area is 179 Å². The summed E-state index contributed by atoms with van der Waals surface area (Å²) in [5.41, 5.74) is 1.11. The van der Waals surface area contributed by atoms with Crippen LogP contribution in [0.4, 0.5) is 0 Å². The Kier molecular flexibility index (Phi) is 9.01. The van der Waals surface area contributed by atoms with Crippen molar-refractivity contribution in [1.29, 1.82) is 0 Å². The zero-order chi connectivity index (χ0) is 21.2. The van der Waals surface area contributed by atoms with Crippen molar-refractivity contribution in [3.8, 4) is 0 Å². The minimum atomic E-state index is -0.157. The van der Waals surface area contributed by atoms with Crippen molar-refractivity contribution in [2.24, 2.45) is 0 Å². The van der Waals surface area contributed by atoms with Gasteiger partial charge in [-0.3, -0.25) is 19.5 Å². The third-order valence-corrected chi connectivity index (χ3v) is 5.87. The summed E-state index contributed by atoms with van der Waals surface area (Å²) in [5.74, 6) is -0.127. The molecule has 3 rings (SSSR count). The molecule has 2 amide bonds. The maximum Gasteiger partial charge on any atom is 0.274 e. The monoisotopic (exact) mass is 417 g/mol. The fraction of sp³-hybridized carbons (Fsp3) is 0.727. The Morgan fingerprint density at radius 1 is 1.13 bits per heavy atom. The lowest BCUT2D eigenvalue weighted by molar-refractivity contribution is -0.122. The number of carbonyl (C=O) groups is 2. The molecule has 0 atom stereocenters. The van der Waals surface area contributed by atoms with Crippen molar-refractivity contribution in [2.45, 2.75) is 57.9 Å². The van der Waals surface area contributed by atoms with E-state index in [-0.39, 0.29) is 11.8 Å². The number of aromatic nitrogens is 2. The lowest BCUT2D eigenvalue weighted by Crippen LogP contribution is -2.41. The Morgan fingerprint density at radius 3 is 2.60 bits per heavy atom. The highest BCUT2D eigenvalue weighted by Gasteiger charge is 2.21. The molecule has 1 saturated carbocycles. The summed E-state index contributed by atoms with van der Waals surface area (Å²) in [6, 6.07) is 0.291. The first-order valence-electron chi connectivity index (χ1n) is 11.3. The number of ether oxygens (including phenoxy) is 1. The highest BCUT2D eigenvalue weighted by Crippen LogP contribution is 2.17. The molecule has 166 valence electrons. The van der Waals surface area contributed by atoms with Crippen molar-refractivity contribution in [2.75, 3.05) is 45.9 Å². The van der Waals surface area contributed by atoms with Gasteiger partial charge in [-0.1, -0.05) is 19.3 Å². The third kappa shape index (κ3) is 7.32. The third-order valence-electron chi connectivity index (χ3n) is 5.87. The molecule has 1 N–H and O–H groups in total. The van der Waals surface area contributed by atoms with Crippen LogP contribution in [-0.2, 0) is 9.53 Å². The average molecular weight is 418 g/mol. The Morgan fingerprint density at radius 2 is 1.90 bits per heavy atom. The van der Waals surface area contributed by atoms with Gasteiger partial charge in [0.15, 0.2) is 0 Å². The van der Waals surface area contributed by atoms with Crippen molar-refractivity contribution in [1.82, 2.24) is 25.1 Å². The second-order valence-corrected chi connectivity index (χ2v) is 8.30. The molecule has 8 nitrogen and oxygen atoms in total. The van der Waals surface area contributed by atoms with E-state index in [4.69, 9.17) is 4.74 Å². The SMILES string of the molecule is Cc1cnc(C(=O)N(CCCN2CCOCC2)CCC(=O)NC2CCCCC2)cn1. The van der Waals surface area contributed by atoms with Crippen LogP contribution in [0.3, 0.4) is 0 Å². The van der Waals surface area contributed by atoms with Crippen LogP contribution in [0.15, 0.2) is 12.4 Å². The number of hydrogen-bond donors (Lipinski definition) is 1. The molecule has 0 radical (unpaired) electrons. The van der Waals surface area contributed by atoms with Crippen molar-refractivity contribution < 1.29 is 14.3 Å². The van der Waals surface area contributed by atoms with Crippen molar-refractivity contribution in [3.63, 3.8) is 0 Å². The van der Waals surface area contributed by atoms with Crippen molar-refractivity contribution in [3.05, 3.63) is 23.8 Å². The van der Waals surface area contributed by atoms with E-state index in [0.29, 0.717) is 31.2 Å². The average Bonchev–Trinajstić information content (AvgIpc) is 2.77. The minimum absolute atomic E-state index is 0.0304. The van der Waals surface area contributed by atoms with Gasteiger partial charge in [0.05, 0.1) is 25.1 Å². The first kappa shape index (κ1) is 22.6. The highest BCUT2D eigenvalue weighted by atomic mass is 16.5. The minimum Gasteiger partial charge on any atom is -0.379 e. The first-order valence-corrected chi connectivity index (χ1v) is 11.3. The van der Waals surface area contributed by atoms with E-state index in [2.05, 4.69) is 20.2 Å². The number of aryl methyl sites for hydroxylation is 1. The second kappa shape index (κ2) is 12.0. The van der Waals surface area contributed by atoms with Crippen LogP contribution in [-0.4, -0.2) is 83.6 Å². The quantitative estimate of drug-likeness (QED) is 0.659. The van der Waals surface area contributed by atoms with Crippen LogP contribution in [0.1, 0.15) is 61.1 Å². The Balaban J connectivity index is 1.52. The van der Waals surface area contributed by atoms with Crippen LogP contribution in [0.25, 0.3) is 0 Å². The zero-order valence-corrected chi connectivity index (χ0v) is 18.1. The van der Waals surface area contributed by atoms with E-state index in [1.165, 1.54) is 25.5 Å².